The van der Waals surface area contributed by atoms with Crippen LogP contribution in [0.3, 0.4) is 0 Å². The van der Waals surface area contributed by atoms with Gasteiger partial charge in [0.25, 0.3) is 0 Å². The highest BCUT2D eigenvalue weighted by Crippen LogP contribution is 2.34. The van der Waals surface area contributed by atoms with Crippen molar-refractivity contribution >= 4 is 11.8 Å². The van der Waals surface area contributed by atoms with E-state index in [0.29, 0.717) is 12.8 Å². The number of rotatable bonds is 2. The van der Waals surface area contributed by atoms with E-state index in [1.807, 2.05) is 0 Å². The van der Waals surface area contributed by atoms with Gasteiger partial charge in [0, 0.05) is 13.0 Å². The average molecular weight is 227 g/mol. The van der Waals surface area contributed by atoms with Crippen LogP contribution in [0.4, 0.5) is 0 Å². The molecule has 1 unspecified atom stereocenters. The van der Waals surface area contributed by atoms with Gasteiger partial charge in [-0.3, -0.25) is 9.59 Å². The van der Waals surface area contributed by atoms with Crippen LogP contribution >= 0.6 is 0 Å². The van der Waals surface area contributed by atoms with Crippen LogP contribution in [0.15, 0.2) is 0 Å². The SMILES string of the molecule is CC(C)(C)OC(=O)C1(CN)CCCCC1=O. The summed E-state index contributed by atoms with van der Waals surface area (Å²) >= 11 is 0. The van der Waals surface area contributed by atoms with Crippen LogP contribution in [-0.2, 0) is 14.3 Å². The zero-order chi connectivity index (χ0) is 12.4. The van der Waals surface area contributed by atoms with Gasteiger partial charge in [-0.15, -0.1) is 0 Å². The first-order valence-corrected chi connectivity index (χ1v) is 5.79. The first kappa shape index (κ1) is 13.2. The summed E-state index contributed by atoms with van der Waals surface area (Å²) in [5.74, 6) is -0.511. The van der Waals surface area contributed by atoms with Gasteiger partial charge < -0.3 is 10.5 Å². The van der Waals surface area contributed by atoms with Crippen molar-refractivity contribution < 1.29 is 14.3 Å². The summed E-state index contributed by atoms with van der Waals surface area (Å²) < 4.78 is 5.30. The Hall–Kier alpha value is -0.900. The van der Waals surface area contributed by atoms with Crippen LogP contribution in [0, 0.1) is 5.41 Å². The molecule has 0 aromatic rings. The van der Waals surface area contributed by atoms with Gasteiger partial charge in [-0.1, -0.05) is 6.42 Å². The fourth-order valence-corrected chi connectivity index (χ4v) is 1.98. The average Bonchev–Trinajstić information content (AvgIpc) is 2.16. The number of carbonyl (C=O) groups excluding carboxylic acids is 2. The van der Waals surface area contributed by atoms with Crippen molar-refractivity contribution in [3.63, 3.8) is 0 Å². The zero-order valence-corrected chi connectivity index (χ0v) is 10.3. The summed E-state index contributed by atoms with van der Waals surface area (Å²) in [7, 11) is 0. The second-order valence-corrected chi connectivity index (χ2v) is 5.42. The maximum Gasteiger partial charge on any atom is 0.321 e. The van der Waals surface area contributed by atoms with E-state index in [1.54, 1.807) is 20.8 Å². The van der Waals surface area contributed by atoms with Crippen LogP contribution < -0.4 is 5.73 Å². The molecule has 0 saturated heterocycles. The monoisotopic (exact) mass is 227 g/mol. The third kappa shape index (κ3) is 2.61. The molecular weight excluding hydrogens is 206 g/mol. The van der Waals surface area contributed by atoms with Gasteiger partial charge >= 0.3 is 5.97 Å². The molecule has 0 heterocycles. The summed E-state index contributed by atoms with van der Waals surface area (Å²) in [6, 6.07) is 0. The van der Waals surface area contributed by atoms with E-state index in [9.17, 15) is 9.59 Å². The quantitative estimate of drug-likeness (QED) is 0.572. The fraction of sp³-hybridized carbons (Fsp3) is 0.833. The van der Waals surface area contributed by atoms with Crippen LogP contribution in [0.1, 0.15) is 46.5 Å². The number of ether oxygens (including phenoxy) is 1. The minimum atomic E-state index is -1.08. The van der Waals surface area contributed by atoms with Crippen LogP contribution in [0.5, 0.6) is 0 Å². The van der Waals surface area contributed by atoms with Crippen molar-refractivity contribution in [2.24, 2.45) is 11.1 Å². The Kier molecular flexibility index (Phi) is 3.73. The molecule has 0 aliphatic heterocycles. The lowest BCUT2D eigenvalue weighted by Gasteiger charge is -2.34. The minimum Gasteiger partial charge on any atom is -0.459 e. The molecule has 16 heavy (non-hydrogen) atoms. The molecule has 1 saturated carbocycles. The van der Waals surface area contributed by atoms with E-state index in [2.05, 4.69) is 0 Å². The normalized spacial score (nSPS) is 26.6. The Morgan fingerprint density at radius 3 is 2.50 bits per heavy atom. The molecule has 2 N–H and O–H groups in total. The highest BCUT2D eigenvalue weighted by atomic mass is 16.6. The molecule has 1 aliphatic carbocycles. The smallest absolute Gasteiger partial charge is 0.321 e. The van der Waals surface area contributed by atoms with Crippen molar-refractivity contribution in [2.45, 2.75) is 52.1 Å². The van der Waals surface area contributed by atoms with E-state index in [0.717, 1.165) is 12.8 Å². The Bertz CT molecular complexity index is 293. The lowest BCUT2D eigenvalue weighted by Crippen LogP contribution is -2.50. The molecule has 0 radical (unpaired) electrons. The second kappa shape index (κ2) is 4.53. The minimum absolute atomic E-state index is 0.0563. The largest absolute Gasteiger partial charge is 0.459 e. The van der Waals surface area contributed by atoms with Gasteiger partial charge in [-0.25, -0.2) is 0 Å². The Labute approximate surface area is 96.5 Å². The third-order valence-corrected chi connectivity index (χ3v) is 2.93. The van der Waals surface area contributed by atoms with Gasteiger partial charge in [0.15, 0.2) is 5.78 Å². The molecule has 0 bridgehead atoms. The lowest BCUT2D eigenvalue weighted by atomic mass is 9.73. The fourth-order valence-electron chi connectivity index (χ4n) is 1.98. The Balaban J connectivity index is 2.87. The van der Waals surface area contributed by atoms with E-state index in [-0.39, 0.29) is 12.3 Å². The molecule has 1 atom stereocenters. The Morgan fingerprint density at radius 2 is 2.06 bits per heavy atom. The van der Waals surface area contributed by atoms with E-state index in [4.69, 9.17) is 10.5 Å². The highest BCUT2D eigenvalue weighted by molar-refractivity contribution is 6.04. The molecular formula is C12H21NO3. The van der Waals surface area contributed by atoms with Crippen molar-refractivity contribution in [2.75, 3.05) is 6.54 Å². The van der Waals surface area contributed by atoms with Crippen LogP contribution in [0.2, 0.25) is 0 Å². The summed E-state index contributed by atoms with van der Waals surface area (Å²) in [5.41, 5.74) is 3.98. The summed E-state index contributed by atoms with van der Waals surface area (Å²) in [6.07, 6.45) is 2.68. The van der Waals surface area contributed by atoms with E-state index < -0.39 is 17.0 Å². The molecule has 0 amide bonds. The van der Waals surface area contributed by atoms with Gasteiger partial charge in [-0.05, 0) is 33.6 Å². The molecule has 92 valence electrons. The van der Waals surface area contributed by atoms with Crippen molar-refractivity contribution in [3.8, 4) is 0 Å². The molecule has 0 aromatic heterocycles. The number of hydrogen-bond acceptors (Lipinski definition) is 4. The van der Waals surface area contributed by atoms with Gasteiger partial charge in [-0.2, -0.15) is 0 Å². The first-order chi connectivity index (χ1) is 7.32. The van der Waals surface area contributed by atoms with E-state index >= 15 is 0 Å². The molecule has 1 rings (SSSR count). The predicted octanol–water partition coefficient (Wildman–Crippen LogP) is 1.42. The van der Waals surface area contributed by atoms with Gasteiger partial charge in [0.1, 0.15) is 11.0 Å². The number of carbonyl (C=O) groups is 2. The van der Waals surface area contributed by atoms with E-state index in [1.165, 1.54) is 0 Å². The maximum atomic E-state index is 12.1. The highest BCUT2D eigenvalue weighted by Gasteiger charge is 2.47. The number of Topliss-reactive ketones (excluding diaryl/α,β-unsaturated/α-hetero) is 1. The van der Waals surface area contributed by atoms with Crippen LogP contribution in [-0.4, -0.2) is 23.9 Å². The number of hydrogen-bond donors (Lipinski definition) is 1. The maximum absolute atomic E-state index is 12.1. The first-order valence-electron chi connectivity index (χ1n) is 5.79. The summed E-state index contributed by atoms with van der Waals surface area (Å²) in [6.45, 7) is 5.44. The molecule has 4 nitrogen and oxygen atoms in total. The lowest BCUT2D eigenvalue weighted by molar-refractivity contribution is -0.171. The van der Waals surface area contributed by atoms with Crippen LogP contribution in [0.25, 0.3) is 0 Å². The zero-order valence-electron chi connectivity index (χ0n) is 10.3. The van der Waals surface area contributed by atoms with Crippen molar-refractivity contribution in [3.05, 3.63) is 0 Å². The summed E-state index contributed by atoms with van der Waals surface area (Å²) in [5, 5.41) is 0. The topological polar surface area (TPSA) is 69.4 Å². The van der Waals surface area contributed by atoms with Gasteiger partial charge in [0.05, 0.1) is 0 Å². The van der Waals surface area contributed by atoms with Gasteiger partial charge in [0.2, 0.25) is 0 Å². The molecule has 4 heteroatoms. The standard InChI is InChI=1S/C12H21NO3/c1-11(2,3)16-10(15)12(8-13)7-5-4-6-9(12)14/h4-8,13H2,1-3H3. The number of ketones is 1. The Morgan fingerprint density at radius 1 is 1.44 bits per heavy atom. The summed E-state index contributed by atoms with van der Waals surface area (Å²) in [4.78, 5) is 23.9. The third-order valence-electron chi connectivity index (χ3n) is 2.93. The molecule has 0 spiro atoms. The molecule has 1 aliphatic rings. The molecule has 1 fully saturated rings. The second-order valence-electron chi connectivity index (χ2n) is 5.42. The number of esters is 1. The number of nitrogens with two attached hydrogens (primary N) is 1. The van der Waals surface area contributed by atoms with Crippen molar-refractivity contribution in [1.82, 2.24) is 0 Å². The van der Waals surface area contributed by atoms with Crippen molar-refractivity contribution in [1.29, 1.82) is 0 Å². The predicted molar refractivity (Wildman–Crippen MR) is 60.8 cm³/mol. The molecule has 0 aromatic carbocycles.